The molecule has 1 rings (SSSR count). The largest absolute Gasteiger partial charge is 0.402 e. The summed E-state index contributed by atoms with van der Waals surface area (Å²) in [5, 5.41) is 0. The summed E-state index contributed by atoms with van der Waals surface area (Å²) in [5.41, 5.74) is 7.71. The van der Waals surface area contributed by atoms with Crippen LogP contribution >= 0.6 is 15.9 Å². The zero-order valence-electron chi connectivity index (χ0n) is 8.58. The van der Waals surface area contributed by atoms with Gasteiger partial charge in [0.2, 0.25) is 0 Å². The van der Waals surface area contributed by atoms with E-state index in [1.807, 2.05) is 6.92 Å². The monoisotopic (exact) mass is 255 g/mol. The van der Waals surface area contributed by atoms with Crippen LogP contribution in [0.15, 0.2) is 22.6 Å². The third-order valence-electron chi connectivity index (χ3n) is 2.01. The van der Waals surface area contributed by atoms with Crippen LogP contribution in [0.3, 0.4) is 0 Å². The van der Waals surface area contributed by atoms with Gasteiger partial charge in [-0.25, -0.2) is 9.97 Å². The molecule has 1 heterocycles. The van der Waals surface area contributed by atoms with Gasteiger partial charge in [-0.05, 0) is 28.8 Å². The first-order valence-corrected chi connectivity index (χ1v) is 5.25. The van der Waals surface area contributed by atoms with Crippen molar-refractivity contribution in [2.24, 2.45) is 11.7 Å². The summed E-state index contributed by atoms with van der Waals surface area (Å²) >= 11 is 3.29. The smallest absolute Gasteiger partial charge is 0.156 e. The molecule has 0 aliphatic carbocycles. The summed E-state index contributed by atoms with van der Waals surface area (Å²) in [5.74, 6) is 1.02. The second-order valence-electron chi connectivity index (χ2n) is 3.46. The molecule has 76 valence electrons. The molecule has 1 aromatic rings. The van der Waals surface area contributed by atoms with E-state index >= 15 is 0 Å². The van der Waals surface area contributed by atoms with Gasteiger partial charge in [0.05, 0.1) is 4.47 Å². The van der Waals surface area contributed by atoms with Gasteiger partial charge >= 0.3 is 0 Å². The lowest BCUT2D eigenvalue weighted by atomic mass is 10.1. The molecule has 0 aliphatic heterocycles. The van der Waals surface area contributed by atoms with Gasteiger partial charge < -0.3 is 5.73 Å². The van der Waals surface area contributed by atoms with Crippen molar-refractivity contribution in [3.63, 3.8) is 0 Å². The van der Waals surface area contributed by atoms with Crippen LogP contribution in [0.25, 0.3) is 5.57 Å². The molecule has 1 aromatic heterocycles. The Morgan fingerprint density at radius 2 is 1.86 bits per heavy atom. The standard InChI is InChI=1S/C10H14BrN3/c1-6(2)9(12)7(3)10-13-4-8(11)5-14-10/h4-6H,12H2,1-3H3/b9-7-. The van der Waals surface area contributed by atoms with E-state index in [2.05, 4.69) is 39.7 Å². The maximum absolute atomic E-state index is 5.92. The van der Waals surface area contributed by atoms with E-state index in [1.165, 1.54) is 0 Å². The maximum Gasteiger partial charge on any atom is 0.156 e. The average molecular weight is 256 g/mol. The van der Waals surface area contributed by atoms with Crippen molar-refractivity contribution < 1.29 is 0 Å². The molecule has 4 heteroatoms. The van der Waals surface area contributed by atoms with Crippen LogP contribution in [0.2, 0.25) is 0 Å². The third-order valence-corrected chi connectivity index (χ3v) is 2.42. The second-order valence-corrected chi connectivity index (χ2v) is 4.38. The molecule has 0 aliphatic rings. The highest BCUT2D eigenvalue weighted by Gasteiger charge is 2.07. The quantitative estimate of drug-likeness (QED) is 0.884. The molecule has 0 fully saturated rings. The summed E-state index contributed by atoms with van der Waals surface area (Å²) in [7, 11) is 0. The Morgan fingerprint density at radius 1 is 1.36 bits per heavy atom. The van der Waals surface area contributed by atoms with Crippen molar-refractivity contribution >= 4 is 21.5 Å². The lowest BCUT2D eigenvalue weighted by Crippen LogP contribution is -2.08. The molecule has 0 amide bonds. The minimum Gasteiger partial charge on any atom is -0.402 e. The maximum atomic E-state index is 5.92. The molecule has 0 radical (unpaired) electrons. The number of hydrogen-bond acceptors (Lipinski definition) is 3. The van der Waals surface area contributed by atoms with Crippen LogP contribution in [-0.2, 0) is 0 Å². The molecule has 0 aromatic carbocycles. The molecule has 0 saturated heterocycles. The van der Waals surface area contributed by atoms with Gasteiger partial charge in [-0.2, -0.15) is 0 Å². The van der Waals surface area contributed by atoms with Crippen LogP contribution in [-0.4, -0.2) is 9.97 Å². The van der Waals surface area contributed by atoms with Crippen molar-refractivity contribution in [3.05, 3.63) is 28.4 Å². The number of hydrogen-bond donors (Lipinski definition) is 1. The predicted octanol–water partition coefficient (Wildman–Crippen LogP) is 2.58. The fourth-order valence-corrected chi connectivity index (χ4v) is 1.27. The van der Waals surface area contributed by atoms with Crippen molar-refractivity contribution in [2.45, 2.75) is 20.8 Å². The fraction of sp³-hybridized carbons (Fsp3) is 0.400. The van der Waals surface area contributed by atoms with Crippen LogP contribution < -0.4 is 5.73 Å². The number of rotatable bonds is 2. The predicted molar refractivity (Wildman–Crippen MR) is 61.4 cm³/mol. The third kappa shape index (κ3) is 2.54. The number of halogens is 1. The number of nitrogens with two attached hydrogens (primary N) is 1. The first kappa shape index (κ1) is 11.2. The van der Waals surface area contributed by atoms with Gasteiger partial charge in [0.25, 0.3) is 0 Å². The summed E-state index contributed by atoms with van der Waals surface area (Å²) in [6.45, 7) is 6.05. The van der Waals surface area contributed by atoms with E-state index in [-0.39, 0.29) is 0 Å². The highest BCUT2D eigenvalue weighted by Crippen LogP contribution is 2.17. The molecule has 0 bridgehead atoms. The van der Waals surface area contributed by atoms with Crippen molar-refractivity contribution in [2.75, 3.05) is 0 Å². The normalized spacial score (nSPS) is 12.9. The Hall–Kier alpha value is -0.900. The van der Waals surface area contributed by atoms with Crippen LogP contribution in [0.5, 0.6) is 0 Å². The minimum atomic E-state index is 0.322. The van der Waals surface area contributed by atoms with Crippen LogP contribution in [0.4, 0.5) is 0 Å². The molecule has 14 heavy (non-hydrogen) atoms. The van der Waals surface area contributed by atoms with E-state index in [9.17, 15) is 0 Å². The molecule has 3 nitrogen and oxygen atoms in total. The Balaban J connectivity index is 3.06. The lowest BCUT2D eigenvalue weighted by molar-refractivity contribution is 0.757. The van der Waals surface area contributed by atoms with E-state index in [0.717, 1.165) is 15.7 Å². The molecular weight excluding hydrogens is 242 g/mol. The van der Waals surface area contributed by atoms with Crippen LogP contribution in [0, 0.1) is 5.92 Å². The molecule has 0 atom stereocenters. The zero-order valence-corrected chi connectivity index (χ0v) is 10.2. The number of allylic oxidation sites excluding steroid dienone is 2. The van der Waals surface area contributed by atoms with Crippen LogP contribution in [0.1, 0.15) is 26.6 Å². The summed E-state index contributed by atoms with van der Waals surface area (Å²) in [6.07, 6.45) is 3.44. The van der Waals surface area contributed by atoms with E-state index < -0.39 is 0 Å². The summed E-state index contributed by atoms with van der Waals surface area (Å²) in [4.78, 5) is 8.37. The molecule has 2 N–H and O–H groups in total. The van der Waals surface area contributed by atoms with Crippen molar-refractivity contribution in [1.82, 2.24) is 9.97 Å². The molecular formula is C10H14BrN3. The minimum absolute atomic E-state index is 0.322. The molecule has 0 saturated carbocycles. The Labute approximate surface area is 92.6 Å². The van der Waals surface area contributed by atoms with Gasteiger partial charge in [-0.1, -0.05) is 13.8 Å². The van der Waals surface area contributed by atoms with E-state index in [4.69, 9.17) is 5.73 Å². The Kier molecular flexibility index (Phi) is 3.63. The van der Waals surface area contributed by atoms with Crippen molar-refractivity contribution in [1.29, 1.82) is 0 Å². The number of nitrogens with zero attached hydrogens (tertiary/aromatic N) is 2. The topological polar surface area (TPSA) is 51.8 Å². The lowest BCUT2D eigenvalue weighted by Gasteiger charge is -2.09. The van der Waals surface area contributed by atoms with Gasteiger partial charge in [0.15, 0.2) is 5.82 Å². The first-order chi connectivity index (χ1) is 6.52. The Bertz CT molecular complexity index is 341. The number of aromatic nitrogens is 2. The van der Waals surface area contributed by atoms with Gasteiger partial charge in [-0.15, -0.1) is 0 Å². The first-order valence-electron chi connectivity index (χ1n) is 4.46. The van der Waals surface area contributed by atoms with Gasteiger partial charge in [0.1, 0.15) is 0 Å². The summed E-state index contributed by atoms with van der Waals surface area (Å²) in [6, 6.07) is 0. The Morgan fingerprint density at radius 3 is 2.29 bits per heavy atom. The second kappa shape index (κ2) is 4.55. The fourth-order valence-electron chi connectivity index (χ4n) is 1.07. The van der Waals surface area contributed by atoms with Gasteiger partial charge in [-0.3, -0.25) is 0 Å². The SMILES string of the molecule is C/C(=C(/N)C(C)C)c1ncc(Br)cn1. The van der Waals surface area contributed by atoms with E-state index in [0.29, 0.717) is 11.7 Å². The van der Waals surface area contributed by atoms with Gasteiger partial charge in [0, 0.05) is 23.7 Å². The zero-order chi connectivity index (χ0) is 10.7. The average Bonchev–Trinajstić information content (AvgIpc) is 2.16. The molecule has 0 spiro atoms. The van der Waals surface area contributed by atoms with E-state index in [1.54, 1.807) is 12.4 Å². The molecule has 0 unspecified atom stereocenters. The highest BCUT2D eigenvalue weighted by atomic mass is 79.9. The van der Waals surface area contributed by atoms with Crippen molar-refractivity contribution in [3.8, 4) is 0 Å². The summed E-state index contributed by atoms with van der Waals surface area (Å²) < 4.78 is 0.872. The highest BCUT2D eigenvalue weighted by molar-refractivity contribution is 9.10.